The highest BCUT2D eigenvalue weighted by Gasteiger charge is 2.35. The summed E-state index contributed by atoms with van der Waals surface area (Å²) >= 11 is 6.04. The molecular weight excluding hydrogens is 459 g/mol. The van der Waals surface area contributed by atoms with Crippen LogP contribution in [0.5, 0.6) is 0 Å². The van der Waals surface area contributed by atoms with Gasteiger partial charge in [-0.25, -0.2) is 26.0 Å². The number of halogens is 2. The van der Waals surface area contributed by atoms with Gasteiger partial charge in [-0.15, -0.1) is 0 Å². The van der Waals surface area contributed by atoms with E-state index >= 15 is 0 Å². The lowest BCUT2D eigenvalue weighted by Crippen LogP contribution is -2.50. The van der Waals surface area contributed by atoms with Crippen LogP contribution in [0, 0.1) is 5.82 Å². The number of piperazine rings is 1. The van der Waals surface area contributed by atoms with Crippen molar-refractivity contribution in [1.82, 2.24) is 8.61 Å². The van der Waals surface area contributed by atoms with Gasteiger partial charge < -0.3 is 4.74 Å². The third kappa shape index (κ3) is 4.21. The van der Waals surface area contributed by atoms with Crippen LogP contribution >= 0.6 is 11.6 Å². The molecule has 0 aromatic heterocycles. The van der Waals surface area contributed by atoms with Crippen molar-refractivity contribution in [3.63, 3.8) is 0 Å². The van der Waals surface area contributed by atoms with Crippen LogP contribution in [0.1, 0.15) is 10.4 Å². The summed E-state index contributed by atoms with van der Waals surface area (Å²) in [5.41, 5.74) is 0.0150. The third-order valence-corrected chi connectivity index (χ3v) is 8.93. The van der Waals surface area contributed by atoms with Gasteiger partial charge in [0.15, 0.2) is 0 Å². The Labute approximate surface area is 178 Å². The van der Waals surface area contributed by atoms with E-state index in [0.29, 0.717) is 0 Å². The standard InChI is InChI=1S/C18H18ClFN2O6S2/c1-28-18(23)13-6-7-14(19)17(12-13)30(26,27)22-10-8-21(9-11-22)29(24,25)16-5-3-2-4-15(16)20/h2-7,12H,8-11H2,1H3. The maximum absolute atomic E-state index is 13.9. The summed E-state index contributed by atoms with van der Waals surface area (Å²) in [6.07, 6.45) is 0. The number of nitrogens with zero attached hydrogens (tertiary/aromatic N) is 2. The highest BCUT2D eigenvalue weighted by molar-refractivity contribution is 7.89. The lowest BCUT2D eigenvalue weighted by atomic mass is 10.2. The lowest BCUT2D eigenvalue weighted by Gasteiger charge is -2.33. The number of methoxy groups -OCH3 is 1. The maximum atomic E-state index is 13.9. The molecule has 2 aromatic rings. The Morgan fingerprint density at radius 1 is 0.933 bits per heavy atom. The lowest BCUT2D eigenvalue weighted by molar-refractivity contribution is 0.0600. The van der Waals surface area contributed by atoms with Crippen molar-refractivity contribution in [1.29, 1.82) is 0 Å². The van der Waals surface area contributed by atoms with E-state index in [-0.39, 0.29) is 41.7 Å². The van der Waals surface area contributed by atoms with Crippen LogP contribution < -0.4 is 0 Å². The van der Waals surface area contributed by atoms with Crippen molar-refractivity contribution < 1.29 is 30.8 Å². The molecule has 1 heterocycles. The smallest absolute Gasteiger partial charge is 0.337 e. The van der Waals surface area contributed by atoms with Crippen molar-refractivity contribution in [2.45, 2.75) is 9.79 Å². The largest absolute Gasteiger partial charge is 0.465 e. The Hall–Kier alpha value is -2.05. The first-order valence-electron chi connectivity index (χ1n) is 8.71. The Bertz CT molecular complexity index is 1180. The highest BCUT2D eigenvalue weighted by atomic mass is 35.5. The molecule has 0 saturated carbocycles. The summed E-state index contributed by atoms with van der Waals surface area (Å²) in [7, 11) is -7.04. The van der Waals surface area contributed by atoms with E-state index in [1.54, 1.807) is 0 Å². The average Bonchev–Trinajstić information content (AvgIpc) is 2.73. The number of rotatable bonds is 5. The van der Waals surface area contributed by atoms with Crippen LogP contribution in [-0.2, 0) is 24.8 Å². The number of hydrogen-bond acceptors (Lipinski definition) is 6. The van der Waals surface area contributed by atoms with E-state index < -0.39 is 36.7 Å². The maximum Gasteiger partial charge on any atom is 0.337 e. The molecule has 0 aliphatic carbocycles. The van der Waals surface area contributed by atoms with Gasteiger partial charge >= 0.3 is 5.97 Å². The molecule has 0 unspecified atom stereocenters. The Morgan fingerprint density at radius 3 is 2.00 bits per heavy atom. The molecule has 0 amide bonds. The summed E-state index contributed by atoms with van der Waals surface area (Å²) in [4.78, 5) is 11.0. The average molecular weight is 477 g/mol. The zero-order valence-electron chi connectivity index (χ0n) is 15.8. The van der Waals surface area contributed by atoms with Crippen LogP contribution in [0.3, 0.4) is 0 Å². The second-order valence-corrected chi connectivity index (χ2v) is 10.6. The number of esters is 1. The normalized spacial score (nSPS) is 16.4. The van der Waals surface area contributed by atoms with E-state index in [1.807, 2.05) is 0 Å². The molecule has 1 fully saturated rings. The van der Waals surface area contributed by atoms with Gasteiger partial charge in [-0.3, -0.25) is 0 Å². The fourth-order valence-electron chi connectivity index (χ4n) is 3.03. The number of carbonyl (C=O) groups excluding carboxylic acids is 1. The monoisotopic (exact) mass is 476 g/mol. The third-order valence-electron chi connectivity index (χ3n) is 4.62. The number of carbonyl (C=O) groups is 1. The second-order valence-electron chi connectivity index (χ2n) is 6.38. The molecule has 1 aliphatic heterocycles. The van der Waals surface area contributed by atoms with Gasteiger partial charge in [-0.05, 0) is 30.3 Å². The van der Waals surface area contributed by atoms with Gasteiger partial charge in [0.25, 0.3) is 0 Å². The summed E-state index contributed by atoms with van der Waals surface area (Å²) in [6, 6.07) is 8.73. The van der Waals surface area contributed by atoms with Crippen LogP contribution in [0.25, 0.3) is 0 Å². The predicted molar refractivity (Wildman–Crippen MR) is 107 cm³/mol. The summed E-state index contributed by atoms with van der Waals surface area (Å²) in [5.74, 6) is -1.59. The van der Waals surface area contributed by atoms with E-state index in [0.717, 1.165) is 26.8 Å². The van der Waals surface area contributed by atoms with Gasteiger partial charge in [-0.2, -0.15) is 8.61 Å². The first-order valence-corrected chi connectivity index (χ1v) is 12.0. The van der Waals surface area contributed by atoms with E-state index in [1.165, 1.54) is 31.4 Å². The van der Waals surface area contributed by atoms with Gasteiger partial charge in [0.05, 0.1) is 17.7 Å². The highest BCUT2D eigenvalue weighted by Crippen LogP contribution is 2.28. The van der Waals surface area contributed by atoms with Gasteiger partial charge in [-0.1, -0.05) is 23.7 Å². The zero-order valence-corrected chi connectivity index (χ0v) is 18.2. The van der Waals surface area contributed by atoms with Crippen LogP contribution in [0.4, 0.5) is 4.39 Å². The van der Waals surface area contributed by atoms with Crippen molar-refractivity contribution in [3.8, 4) is 0 Å². The van der Waals surface area contributed by atoms with Gasteiger partial charge in [0.1, 0.15) is 15.6 Å². The van der Waals surface area contributed by atoms with Crippen molar-refractivity contribution in [3.05, 3.63) is 58.9 Å². The van der Waals surface area contributed by atoms with Crippen molar-refractivity contribution in [2.24, 2.45) is 0 Å². The van der Waals surface area contributed by atoms with Crippen molar-refractivity contribution >= 4 is 37.6 Å². The van der Waals surface area contributed by atoms with Crippen LogP contribution in [0.15, 0.2) is 52.3 Å². The fourth-order valence-corrected chi connectivity index (χ4v) is 6.44. The second kappa shape index (κ2) is 8.60. The Balaban J connectivity index is 1.83. The molecule has 0 N–H and O–H groups in total. The molecule has 30 heavy (non-hydrogen) atoms. The minimum atomic E-state index is -4.11. The number of sulfonamides is 2. The molecule has 0 radical (unpaired) electrons. The SMILES string of the molecule is COC(=O)c1ccc(Cl)c(S(=O)(=O)N2CCN(S(=O)(=O)c3ccccc3F)CC2)c1. The molecule has 1 saturated heterocycles. The molecule has 0 bridgehead atoms. The van der Waals surface area contributed by atoms with Crippen LogP contribution in [0.2, 0.25) is 5.02 Å². The molecule has 0 spiro atoms. The minimum absolute atomic E-state index is 0.0150. The van der Waals surface area contributed by atoms with E-state index in [2.05, 4.69) is 4.74 Å². The first-order chi connectivity index (χ1) is 14.1. The first kappa shape index (κ1) is 22.6. The minimum Gasteiger partial charge on any atom is -0.465 e. The summed E-state index contributed by atoms with van der Waals surface area (Å²) in [6.45, 7) is -0.641. The van der Waals surface area contributed by atoms with Crippen LogP contribution in [-0.4, -0.2) is 64.7 Å². The molecule has 8 nitrogen and oxygen atoms in total. The molecule has 1 aliphatic rings. The topological polar surface area (TPSA) is 101 Å². The molecule has 162 valence electrons. The molecule has 12 heteroatoms. The Kier molecular flexibility index (Phi) is 6.48. The predicted octanol–water partition coefficient (Wildman–Crippen LogP) is 1.96. The number of benzene rings is 2. The van der Waals surface area contributed by atoms with Gasteiger partial charge in [0.2, 0.25) is 20.0 Å². The van der Waals surface area contributed by atoms with Gasteiger partial charge in [0, 0.05) is 26.2 Å². The molecule has 2 aromatic carbocycles. The Morgan fingerprint density at radius 2 is 1.47 bits per heavy atom. The number of ether oxygens (including phenoxy) is 1. The molecule has 0 atom stereocenters. The summed E-state index contributed by atoms with van der Waals surface area (Å²) < 4.78 is 72.0. The van der Waals surface area contributed by atoms with Crippen molar-refractivity contribution in [2.75, 3.05) is 33.3 Å². The van der Waals surface area contributed by atoms with E-state index in [4.69, 9.17) is 11.6 Å². The molecule has 3 rings (SSSR count). The zero-order chi connectivity index (χ0) is 22.1. The number of hydrogen-bond donors (Lipinski definition) is 0. The van der Waals surface area contributed by atoms with E-state index in [9.17, 15) is 26.0 Å². The summed E-state index contributed by atoms with van der Waals surface area (Å²) in [5, 5.41) is -0.0796. The quantitative estimate of drug-likeness (QED) is 0.611. The fraction of sp³-hybridized carbons (Fsp3) is 0.278. The molecular formula is C18H18ClFN2O6S2.